The molecule has 0 bridgehead atoms. The summed E-state index contributed by atoms with van der Waals surface area (Å²) in [5, 5.41) is 0.781. The third kappa shape index (κ3) is 4.12. The van der Waals surface area contributed by atoms with E-state index in [1.807, 2.05) is 25.1 Å². The second kappa shape index (κ2) is 8.27. The summed E-state index contributed by atoms with van der Waals surface area (Å²) in [6, 6.07) is 5.63. The van der Waals surface area contributed by atoms with Crippen molar-refractivity contribution < 1.29 is 23.3 Å². The van der Waals surface area contributed by atoms with Crippen molar-refractivity contribution in [3.05, 3.63) is 28.4 Å². The maximum Gasteiger partial charge on any atom is 0.640 e. The lowest BCUT2D eigenvalue weighted by Gasteiger charge is -2.24. The molecule has 0 amide bonds. The first-order valence-corrected chi connectivity index (χ1v) is 9.63. The Morgan fingerprint density at radius 2 is 1.85 bits per heavy atom. The molecule has 3 rings (SSSR count). The summed E-state index contributed by atoms with van der Waals surface area (Å²) >= 11 is 3.46. The van der Waals surface area contributed by atoms with Crippen LogP contribution in [0, 0.1) is 0 Å². The molecule has 0 saturated carbocycles. The maximum absolute atomic E-state index is 12.3. The molecular formula is C18H21BBrNO5. The third-order valence-corrected chi connectivity index (χ3v) is 4.88. The summed E-state index contributed by atoms with van der Waals surface area (Å²) in [5.74, 6) is -0.149. The zero-order chi connectivity index (χ0) is 18.7. The topological polar surface area (TPSA) is 69.0 Å². The van der Waals surface area contributed by atoms with Gasteiger partial charge in [-0.1, -0.05) is 36.2 Å². The van der Waals surface area contributed by atoms with E-state index in [0.717, 1.165) is 22.7 Å². The molecule has 8 heteroatoms. The molecule has 1 saturated heterocycles. The van der Waals surface area contributed by atoms with Crippen LogP contribution in [0.1, 0.15) is 32.4 Å². The first kappa shape index (κ1) is 19.0. The molecule has 0 spiro atoms. The Hall–Kier alpha value is -1.80. The van der Waals surface area contributed by atoms with E-state index < -0.39 is 19.1 Å². The van der Waals surface area contributed by atoms with Crippen LogP contribution in [-0.2, 0) is 25.3 Å². The second-order valence-corrected chi connectivity index (χ2v) is 7.21. The van der Waals surface area contributed by atoms with Gasteiger partial charge in [0.2, 0.25) is 0 Å². The first-order chi connectivity index (χ1) is 12.5. The molecule has 1 aliphatic heterocycles. The van der Waals surface area contributed by atoms with Gasteiger partial charge in [-0.3, -0.25) is 14.5 Å². The molecule has 138 valence electrons. The molecule has 26 heavy (non-hydrogen) atoms. The molecule has 0 aliphatic carbocycles. The van der Waals surface area contributed by atoms with Gasteiger partial charge in [-0.05, 0) is 31.2 Å². The average molecular weight is 422 g/mol. The fraction of sp³-hybridized carbons (Fsp3) is 0.444. The largest absolute Gasteiger partial charge is 0.640 e. The highest BCUT2D eigenvalue weighted by Gasteiger charge is 2.39. The monoisotopic (exact) mass is 421 g/mol. The van der Waals surface area contributed by atoms with E-state index in [1.54, 1.807) is 4.90 Å². The lowest BCUT2D eigenvalue weighted by atomic mass is 9.75. The van der Waals surface area contributed by atoms with Crippen LogP contribution in [0.15, 0.2) is 27.1 Å². The lowest BCUT2D eigenvalue weighted by Crippen LogP contribution is -2.49. The average Bonchev–Trinajstić information content (AvgIpc) is 2.94. The highest BCUT2D eigenvalue weighted by atomic mass is 79.9. The molecule has 1 aromatic heterocycles. The summed E-state index contributed by atoms with van der Waals surface area (Å²) in [4.78, 5) is 26.2. The number of furan rings is 1. The number of benzene rings is 1. The smallest absolute Gasteiger partial charge is 0.494 e. The van der Waals surface area contributed by atoms with Crippen LogP contribution in [-0.4, -0.2) is 43.6 Å². The molecule has 0 atom stereocenters. The number of hydrogen-bond donors (Lipinski definition) is 0. The van der Waals surface area contributed by atoms with Crippen molar-refractivity contribution in [2.24, 2.45) is 0 Å². The van der Waals surface area contributed by atoms with Crippen molar-refractivity contribution in [1.82, 2.24) is 4.90 Å². The number of hydrogen-bond acceptors (Lipinski definition) is 6. The zero-order valence-electron chi connectivity index (χ0n) is 14.9. The van der Waals surface area contributed by atoms with Crippen LogP contribution in [0.4, 0.5) is 0 Å². The molecule has 1 aliphatic rings. The van der Waals surface area contributed by atoms with Gasteiger partial charge in [0, 0.05) is 16.3 Å². The second-order valence-electron chi connectivity index (χ2n) is 6.30. The summed E-state index contributed by atoms with van der Waals surface area (Å²) in [6.45, 7) is 4.66. The van der Waals surface area contributed by atoms with Crippen molar-refractivity contribution in [3.63, 3.8) is 0 Å². The van der Waals surface area contributed by atoms with Crippen LogP contribution in [0.2, 0.25) is 0 Å². The number of likely N-dealkylation sites (N-methyl/N-ethyl adjacent to an activating group) is 1. The molecule has 0 radical (unpaired) electrons. The van der Waals surface area contributed by atoms with E-state index in [-0.39, 0.29) is 13.1 Å². The highest BCUT2D eigenvalue weighted by Crippen LogP contribution is 2.24. The fourth-order valence-electron chi connectivity index (χ4n) is 3.02. The standard InChI is InChI=1S/C18H21BBrNO5/c1-3-5-6-15-18(13-9-12(20)7-8-14(13)24-15)19-25-16(22)10-21(4-2)11-17(23)26-19/h7-9H,3-6,10-11H2,1-2H3. The molecule has 2 heterocycles. The summed E-state index contributed by atoms with van der Waals surface area (Å²) in [7, 11) is -1.09. The Morgan fingerprint density at radius 1 is 1.15 bits per heavy atom. The Labute approximate surface area is 161 Å². The van der Waals surface area contributed by atoms with E-state index in [9.17, 15) is 9.59 Å². The summed E-state index contributed by atoms with van der Waals surface area (Å²) in [5.41, 5.74) is 1.31. The van der Waals surface area contributed by atoms with Crippen molar-refractivity contribution in [3.8, 4) is 0 Å². The van der Waals surface area contributed by atoms with Gasteiger partial charge in [0.25, 0.3) is 0 Å². The van der Waals surface area contributed by atoms with Crippen molar-refractivity contribution in [2.75, 3.05) is 19.6 Å². The van der Waals surface area contributed by atoms with E-state index in [0.29, 0.717) is 29.8 Å². The quantitative estimate of drug-likeness (QED) is 0.691. The Balaban J connectivity index is 2.02. The highest BCUT2D eigenvalue weighted by molar-refractivity contribution is 9.10. The lowest BCUT2D eigenvalue weighted by molar-refractivity contribution is -0.145. The van der Waals surface area contributed by atoms with E-state index in [4.69, 9.17) is 13.7 Å². The molecular weight excluding hydrogens is 401 g/mol. The Kier molecular flexibility index (Phi) is 6.03. The van der Waals surface area contributed by atoms with Crippen molar-refractivity contribution in [1.29, 1.82) is 0 Å². The molecule has 0 N–H and O–H groups in total. The fourth-order valence-corrected chi connectivity index (χ4v) is 3.38. The number of aryl methyl sites for hydroxylation is 1. The van der Waals surface area contributed by atoms with Crippen LogP contribution < -0.4 is 5.46 Å². The van der Waals surface area contributed by atoms with Gasteiger partial charge in [0.15, 0.2) is 0 Å². The van der Waals surface area contributed by atoms with Gasteiger partial charge in [-0.2, -0.15) is 0 Å². The molecule has 1 fully saturated rings. The van der Waals surface area contributed by atoms with Gasteiger partial charge in [-0.25, -0.2) is 0 Å². The molecule has 0 unspecified atom stereocenters. The van der Waals surface area contributed by atoms with E-state index in [2.05, 4.69) is 22.9 Å². The Morgan fingerprint density at radius 3 is 2.46 bits per heavy atom. The predicted molar refractivity (Wildman–Crippen MR) is 102 cm³/mol. The van der Waals surface area contributed by atoms with Crippen LogP contribution >= 0.6 is 15.9 Å². The van der Waals surface area contributed by atoms with Crippen LogP contribution in [0.3, 0.4) is 0 Å². The number of fused-ring (bicyclic) bond motifs is 1. The van der Waals surface area contributed by atoms with Crippen molar-refractivity contribution in [2.45, 2.75) is 33.1 Å². The SMILES string of the molecule is CCCCc1oc2ccc(Br)cc2c1B1OC(=O)CN(CC)CC(=O)O1. The van der Waals surface area contributed by atoms with Gasteiger partial charge in [0.05, 0.1) is 18.6 Å². The minimum Gasteiger partial charge on any atom is -0.494 e. The van der Waals surface area contributed by atoms with Gasteiger partial charge >= 0.3 is 19.1 Å². The number of rotatable bonds is 5. The van der Waals surface area contributed by atoms with E-state index in [1.165, 1.54) is 0 Å². The number of carbonyl (C=O) groups is 2. The maximum atomic E-state index is 12.3. The van der Waals surface area contributed by atoms with Gasteiger partial charge in [0.1, 0.15) is 11.3 Å². The minimum absolute atomic E-state index is 0.0614. The Bertz CT molecular complexity index is 801. The number of nitrogens with zero attached hydrogens (tertiary/aromatic N) is 1. The van der Waals surface area contributed by atoms with Gasteiger partial charge in [-0.15, -0.1) is 0 Å². The number of unbranched alkanes of at least 4 members (excludes halogenated alkanes) is 1. The van der Waals surface area contributed by atoms with Crippen LogP contribution in [0.25, 0.3) is 11.0 Å². The van der Waals surface area contributed by atoms with E-state index >= 15 is 0 Å². The normalized spacial score (nSPS) is 16.3. The predicted octanol–water partition coefficient (Wildman–Crippen LogP) is 2.66. The minimum atomic E-state index is -1.09. The first-order valence-electron chi connectivity index (χ1n) is 8.84. The number of halogens is 1. The van der Waals surface area contributed by atoms with Crippen molar-refractivity contribution >= 4 is 51.4 Å². The zero-order valence-corrected chi connectivity index (χ0v) is 16.5. The molecule has 1 aromatic carbocycles. The third-order valence-electron chi connectivity index (χ3n) is 4.39. The summed E-state index contributed by atoms with van der Waals surface area (Å²) in [6.07, 6.45) is 2.60. The molecule has 6 nitrogen and oxygen atoms in total. The number of carbonyl (C=O) groups excluding carboxylic acids is 2. The van der Waals surface area contributed by atoms with Crippen LogP contribution in [0.5, 0.6) is 0 Å². The van der Waals surface area contributed by atoms with Gasteiger partial charge < -0.3 is 13.7 Å². The molecule has 2 aromatic rings. The summed E-state index contributed by atoms with van der Waals surface area (Å²) < 4.78 is 17.9.